The van der Waals surface area contributed by atoms with E-state index >= 15 is 0 Å². The molecule has 1 aromatic carbocycles. The highest BCUT2D eigenvalue weighted by Gasteiger charge is 2.13. The highest BCUT2D eigenvalue weighted by atomic mass is 79.9. The molecule has 0 bridgehead atoms. The number of carboxylic acid groups (broad SMARTS) is 1. The molecular formula is C12H10BrClO3. The van der Waals surface area contributed by atoms with Crippen molar-refractivity contribution in [1.82, 2.24) is 0 Å². The molecule has 0 aliphatic rings. The summed E-state index contributed by atoms with van der Waals surface area (Å²) in [5, 5.41) is 7.84. The van der Waals surface area contributed by atoms with E-state index in [1.807, 2.05) is 0 Å². The molecule has 0 spiro atoms. The van der Waals surface area contributed by atoms with Crippen LogP contribution >= 0.6 is 27.5 Å². The van der Waals surface area contributed by atoms with Gasteiger partial charge in [-0.1, -0.05) is 28.1 Å². The zero-order valence-electron chi connectivity index (χ0n) is 8.98. The Morgan fingerprint density at radius 1 is 1.47 bits per heavy atom. The van der Waals surface area contributed by atoms with Gasteiger partial charge in [-0.2, -0.15) is 0 Å². The van der Waals surface area contributed by atoms with Crippen molar-refractivity contribution in [2.45, 2.75) is 12.3 Å². The fourth-order valence-electron chi connectivity index (χ4n) is 1.23. The first-order valence-corrected chi connectivity index (χ1v) is 5.99. The summed E-state index contributed by atoms with van der Waals surface area (Å²) in [7, 11) is 0. The summed E-state index contributed by atoms with van der Waals surface area (Å²) >= 11 is 9.21. The van der Waals surface area contributed by atoms with Crippen LogP contribution in [0.1, 0.15) is 23.4 Å². The first kappa shape index (κ1) is 13.9. The first-order chi connectivity index (χ1) is 7.91. The third kappa shape index (κ3) is 3.98. The molecule has 0 heterocycles. The highest BCUT2D eigenvalue weighted by molar-refractivity contribution is 9.10. The Bertz CT molecular complexity index is 483. The SMILES string of the molecule is CC(=O)C(Cl)c1ccc(/C=C/C(=O)O)c(Br)c1. The number of carboxylic acids is 1. The molecule has 0 fully saturated rings. The highest BCUT2D eigenvalue weighted by Crippen LogP contribution is 2.27. The van der Waals surface area contributed by atoms with Gasteiger partial charge in [-0.15, -0.1) is 11.6 Å². The van der Waals surface area contributed by atoms with Gasteiger partial charge in [-0.25, -0.2) is 4.79 Å². The predicted octanol–water partition coefficient (Wildman–Crippen LogP) is 3.42. The molecule has 0 aliphatic heterocycles. The number of carbonyl (C=O) groups excluding carboxylic acids is 1. The number of hydrogen-bond donors (Lipinski definition) is 1. The Labute approximate surface area is 112 Å². The van der Waals surface area contributed by atoms with E-state index in [0.717, 1.165) is 6.08 Å². The second kappa shape index (κ2) is 5.98. The van der Waals surface area contributed by atoms with Gasteiger partial charge in [-0.3, -0.25) is 4.79 Å². The van der Waals surface area contributed by atoms with Gasteiger partial charge >= 0.3 is 5.97 Å². The standard InChI is InChI=1S/C12H10BrClO3/c1-7(15)12(14)9-3-2-8(10(13)6-9)4-5-11(16)17/h2-6,12H,1H3,(H,16,17)/b5-4+. The summed E-state index contributed by atoms with van der Waals surface area (Å²) in [6.45, 7) is 1.42. The third-order valence-electron chi connectivity index (χ3n) is 2.08. The number of aliphatic carboxylic acids is 1. The van der Waals surface area contributed by atoms with E-state index in [2.05, 4.69) is 15.9 Å². The minimum atomic E-state index is -1.01. The zero-order valence-corrected chi connectivity index (χ0v) is 11.3. The second-order valence-corrected chi connectivity index (χ2v) is 4.72. The van der Waals surface area contributed by atoms with Crippen LogP contribution in [0.4, 0.5) is 0 Å². The van der Waals surface area contributed by atoms with Gasteiger partial charge in [0.2, 0.25) is 0 Å². The Balaban J connectivity index is 3.01. The lowest BCUT2D eigenvalue weighted by Gasteiger charge is -2.07. The maximum Gasteiger partial charge on any atom is 0.328 e. The molecule has 1 atom stereocenters. The fraction of sp³-hybridized carbons (Fsp3) is 0.167. The molecular weight excluding hydrogens is 307 g/mol. The molecule has 3 nitrogen and oxygen atoms in total. The Kier molecular flexibility index (Phi) is 4.90. The van der Waals surface area contributed by atoms with Crippen LogP contribution in [0.2, 0.25) is 0 Å². The monoisotopic (exact) mass is 316 g/mol. The molecule has 90 valence electrons. The van der Waals surface area contributed by atoms with Crippen molar-refractivity contribution in [2.24, 2.45) is 0 Å². The summed E-state index contributed by atoms with van der Waals surface area (Å²) in [5.41, 5.74) is 1.39. The van der Waals surface area contributed by atoms with E-state index in [1.54, 1.807) is 18.2 Å². The minimum Gasteiger partial charge on any atom is -0.478 e. The quantitative estimate of drug-likeness (QED) is 0.684. The molecule has 1 unspecified atom stereocenters. The van der Waals surface area contributed by atoms with Gasteiger partial charge in [0.25, 0.3) is 0 Å². The lowest BCUT2D eigenvalue weighted by atomic mass is 10.1. The first-order valence-electron chi connectivity index (χ1n) is 4.77. The van der Waals surface area contributed by atoms with E-state index in [4.69, 9.17) is 16.7 Å². The molecule has 0 saturated carbocycles. The maximum absolute atomic E-state index is 11.1. The number of rotatable bonds is 4. The van der Waals surface area contributed by atoms with Crippen molar-refractivity contribution < 1.29 is 14.7 Å². The zero-order chi connectivity index (χ0) is 13.0. The van der Waals surface area contributed by atoms with Gasteiger partial charge in [0.15, 0.2) is 5.78 Å². The normalized spacial score (nSPS) is 12.6. The number of benzene rings is 1. The van der Waals surface area contributed by atoms with Crippen molar-refractivity contribution in [1.29, 1.82) is 0 Å². The number of halogens is 2. The Hall–Kier alpha value is -1.13. The van der Waals surface area contributed by atoms with Crippen molar-refractivity contribution in [3.05, 3.63) is 39.9 Å². The Morgan fingerprint density at radius 2 is 2.12 bits per heavy atom. The number of Topliss-reactive ketones (excluding diaryl/α,β-unsaturated/α-hetero) is 1. The van der Waals surface area contributed by atoms with Crippen molar-refractivity contribution >= 4 is 45.4 Å². The predicted molar refractivity (Wildman–Crippen MR) is 70.1 cm³/mol. The largest absolute Gasteiger partial charge is 0.478 e. The lowest BCUT2D eigenvalue weighted by molar-refractivity contribution is -0.131. The van der Waals surface area contributed by atoms with Gasteiger partial charge in [-0.05, 0) is 30.2 Å². The third-order valence-corrected chi connectivity index (χ3v) is 3.33. The van der Waals surface area contributed by atoms with Crippen LogP contribution in [0.5, 0.6) is 0 Å². The summed E-state index contributed by atoms with van der Waals surface area (Å²) in [4.78, 5) is 21.5. The Morgan fingerprint density at radius 3 is 2.59 bits per heavy atom. The average Bonchev–Trinajstić information content (AvgIpc) is 2.26. The van der Waals surface area contributed by atoms with Crippen molar-refractivity contribution in [2.75, 3.05) is 0 Å². The van der Waals surface area contributed by atoms with Crippen LogP contribution in [-0.2, 0) is 9.59 Å². The number of carbonyl (C=O) groups is 2. The minimum absolute atomic E-state index is 0.132. The smallest absolute Gasteiger partial charge is 0.328 e. The van der Waals surface area contributed by atoms with Crippen LogP contribution in [0.15, 0.2) is 28.7 Å². The molecule has 0 radical (unpaired) electrons. The lowest BCUT2D eigenvalue weighted by Crippen LogP contribution is -2.01. The molecule has 5 heteroatoms. The molecule has 1 rings (SSSR count). The van der Waals surface area contributed by atoms with E-state index in [0.29, 0.717) is 15.6 Å². The van der Waals surface area contributed by atoms with Crippen LogP contribution in [-0.4, -0.2) is 16.9 Å². The average molecular weight is 318 g/mol. The topological polar surface area (TPSA) is 54.4 Å². The molecule has 0 aromatic heterocycles. The number of hydrogen-bond acceptors (Lipinski definition) is 2. The summed E-state index contributed by atoms with van der Waals surface area (Å²) in [6, 6.07) is 5.11. The van der Waals surface area contributed by atoms with E-state index in [-0.39, 0.29) is 5.78 Å². The van der Waals surface area contributed by atoms with Crippen molar-refractivity contribution in [3.63, 3.8) is 0 Å². The van der Waals surface area contributed by atoms with Crippen LogP contribution in [0.3, 0.4) is 0 Å². The number of alkyl halides is 1. The molecule has 0 amide bonds. The van der Waals surface area contributed by atoms with Gasteiger partial charge in [0, 0.05) is 10.5 Å². The fourth-order valence-corrected chi connectivity index (χ4v) is 1.90. The summed E-state index contributed by atoms with van der Waals surface area (Å²) in [6.07, 6.45) is 2.51. The molecule has 0 saturated heterocycles. The molecule has 17 heavy (non-hydrogen) atoms. The van der Waals surface area contributed by atoms with Gasteiger partial charge in [0.1, 0.15) is 5.38 Å². The molecule has 0 aliphatic carbocycles. The molecule has 1 N–H and O–H groups in total. The van der Waals surface area contributed by atoms with Crippen LogP contribution in [0.25, 0.3) is 6.08 Å². The number of ketones is 1. The summed E-state index contributed by atoms with van der Waals surface area (Å²) in [5.74, 6) is -1.15. The van der Waals surface area contributed by atoms with Crippen molar-refractivity contribution in [3.8, 4) is 0 Å². The maximum atomic E-state index is 11.1. The van der Waals surface area contributed by atoms with Crippen LogP contribution < -0.4 is 0 Å². The van der Waals surface area contributed by atoms with Gasteiger partial charge < -0.3 is 5.11 Å². The van der Waals surface area contributed by atoms with Crippen LogP contribution in [0, 0.1) is 0 Å². The summed E-state index contributed by atoms with van der Waals surface area (Å²) < 4.78 is 0.694. The van der Waals surface area contributed by atoms with E-state index < -0.39 is 11.3 Å². The second-order valence-electron chi connectivity index (χ2n) is 3.43. The van der Waals surface area contributed by atoms with Gasteiger partial charge in [0.05, 0.1) is 0 Å². The van der Waals surface area contributed by atoms with E-state index in [9.17, 15) is 9.59 Å². The van der Waals surface area contributed by atoms with E-state index in [1.165, 1.54) is 13.0 Å². The molecule has 1 aromatic rings.